The number of nitrogens with one attached hydrogen (secondary N) is 1. The maximum absolute atomic E-state index is 13.1. The first-order chi connectivity index (χ1) is 17.3. The average Bonchev–Trinajstić information content (AvgIpc) is 3.55. The topological polar surface area (TPSA) is 106 Å². The van der Waals surface area contributed by atoms with Crippen LogP contribution in [0.1, 0.15) is 31.9 Å². The Bertz CT molecular complexity index is 1740. The quantitative estimate of drug-likeness (QED) is 0.314. The number of imide groups is 1. The molecule has 2 amide bonds. The normalized spacial score (nSPS) is 12.9. The first kappa shape index (κ1) is 22.3. The lowest BCUT2D eigenvalue weighted by atomic mass is 9.92. The highest BCUT2D eigenvalue weighted by Gasteiger charge is 2.35. The second-order valence-electron chi connectivity index (χ2n) is 8.41. The number of hydrogen-bond acceptors (Lipinski definition) is 5. The minimum atomic E-state index is -0.556. The Morgan fingerprint density at radius 3 is 2.44 bits per heavy atom. The van der Waals surface area contributed by atoms with E-state index in [2.05, 4.69) is 10.3 Å². The number of rotatable bonds is 4. The molecule has 0 atom stereocenters. The smallest absolute Gasteiger partial charge is 0.259 e. The van der Waals surface area contributed by atoms with Gasteiger partial charge in [0.2, 0.25) is 5.91 Å². The molecule has 10 heteroatoms. The molecule has 3 aromatic carbocycles. The second kappa shape index (κ2) is 8.22. The van der Waals surface area contributed by atoms with Gasteiger partial charge in [-0.05, 0) is 36.4 Å². The van der Waals surface area contributed by atoms with E-state index in [1.165, 1.54) is 23.2 Å². The maximum Gasteiger partial charge on any atom is 0.259 e. The number of phenolic OH excluding ortho intramolecular Hbond substituents is 1. The number of halogens is 2. The monoisotopic (exact) mass is 518 g/mol. The number of benzene rings is 3. The van der Waals surface area contributed by atoms with Gasteiger partial charge in [0, 0.05) is 62.8 Å². The van der Waals surface area contributed by atoms with Crippen molar-refractivity contribution in [2.45, 2.75) is 13.0 Å². The lowest BCUT2D eigenvalue weighted by Crippen LogP contribution is -2.20. The zero-order chi connectivity index (χ0) is 25.1. The van der Waals surface area contributed by atoms with Crippen LogP contribution in [-0.2, 0) is 6.54 Å². The molecule has 2 N–H and O–H groups in total. The summed E-state index contributed by atoms with van der Waals surface area (Å²) in [6.07, 6.45) is 4.68. The van der Waals surface area contributed by atoms with Crippen LogP contribution in [0.2, 0.25) is 10.0 Å². The van der Waals surface area contributed by atoms with E-state index in [4.69, 9.17) is 23.2 Å². The molecule has 0 saturated carbocycles. The van der Waals surface area contributed by atoms with E-state index in [9.17, 15) is 19.5 Å². The first-order valence-electron chi connectivity index (χ1n) is 11.0. The van der Waals surface area contributed by atoms with Crippen molar-refractivity contribution in [2.75, 3.05) is 0 Å². The van der Waals surface area contributed by atoms with Gasteiger partial charge in [0.25, 0.3) is 11.8 Å². The van der Waals surface area contributed by atoms with Gasteiger partial charge in [0.15, 0.2) is 0 Å². The summed E-state index contributed by atoms with van der Waals surface area (Å²) >= 11 is 13.0. The third-order valence-electron chi connectivity index (χ3n) is 6.39. The molecule has 2 aromatic heterocycles. The highest BCUT2D eigenvalue weighted by atomic mass is 35.5. The second-order valence-corrected chi connectivity index (χ2v) is 9.23. The van der Waals surface area contributed by atoms with Crippen molar-refractivity contribution in [1.29, 1.82) is 0 Å². The summed E-state index contributed by atoms with van der Waals surface area (Å²) in [7, 11) is 0. The number of carbonyl (C=O) groups excluding carboxylic acids is 3. The molecule has 1 aliphatic heterocycles. The Kier molecular flexibility index (Phi) is 5.10. The van der Waals surface area contributed by atoms with Gasteiger partial charge in [-0.25, -0.2) is 4.98 Å². The van der Waals surface area contributed by atoms with Crippen LogP contribution in [0.15, 0.2) is 61.2 Å². The van der Waals surface area contributed by atoms with Gasteiger partial charge in [-0.2, -0.15) is 0 Å². The molecule has 5 aromatic rings. The molecule has 0 fully saturated rings. The minimum absolute atomic E-state index is 0.00717. The third-order valence-corrected chi connectivity index (χ3v) is 7.02. The zero-order valence-electron chi connectivity index (χ0n) is 18.5. The molecule has 1 aliphatic rings. The SMILES string of the molecule is O=C1NC(=O)c2c1c(-c1c(Cl)cccc1Cl)cc1c2c2cc(O)ccc2n1CCC(=O)n1ccnc1. The van der Waals surface area contributed by atoms with Gasteiger partial charge < -0.3 is 9.67 Å². The van der Waals surface area contributed by atoms with Crippen LogP contribution in [0, 0.1) is 0 Å². The van der Waals surface area contributed by atoms with Crippen molar-refractivity contribution in [3.05, 3.63) is 82.4 Å². The van der Waals surface area contributed by atoms with Crippen LogP contribution in [0.25, 0.3) is 32.9 Å². The van der Waals surface area contributed by atoms with Crippen molar-refractivity contribution in [3.8, 4) is 16.9 Å². The molecule has 8 nitrogen and oxygen atoms in total. The lowest BCUT2D eigenvalue weighted by molar-refractivity contribution is 0.0874. The zero-order valence-corrected chi connectivity index (χ0v) is 20.0. The van der Waals surface area contributed by atoms with Crippen molar-refractivity contribution in [2.24, 2.45) is 0 Å². The first-order valence-corrected chi connectivity index (χ1v) is 11.7. The van der Waals surface area contributed by atoms with E-state index >= 15 is 0 Å². The lowest BCUT2D eigenvalue weighted by Gasteiger charge is -2.13. The fourth-order valence-corrected chi connectivity index (χ4v) is 5.47. The van der Waals surface area contributed by atoms with Gasteiger partial charge in [-0.15, -0.1) is 0 Å². The minimum Gasteiger partial charge on any atom is -0.508 e. The highest BCUT2D eigenvalue weighted by molar-refractivity contribution is 6.41. The van der Waals surface area contributed by atoms with Gasteiger partial charge in [-0.3, -0.25) is 24.3 Å². The summed E-state index contributed by atoms with van der Waals surface area (Å²) < 4.78 is 3.29. The highest BCUT2D eigenvalue weighted by Crippen LogP contribution is 2.44. The molecule has 6 rings (SSSR count). The van der Waals surface area contributed by atoms with Crippen molar-refractivity contribution >= 4 is 62.7 Å². The fourth-order valence-electron chi connectivity index (χ4n) is 4.87. The fraction of sp³-hybridized carbons (Fsp3) is 0.0769. The van der Waals surface area contributed by atoms with Crippen LogP contribution in [-0.4, -0.2) is 36.9 Å². The van der Waals surface area contributed by atoms with E-state index in [-0.39, 0.29) is 35.7 Å². The number of nitrogens with zero attached hydrogens (tertiary/aromatic N) is 3. The number of carbonyl (C=O) groups is 3. The third kappa shape index (κ3) is 3.30. The molecule has 0 saturated heterocycles. The number of aryl methyl sites for hydroxylation is 1. The van der Waals surface area contributed by atoms with E-state index in [0.717, 1.165) is 0 Å². The number of imidazole rings is 1. The number of aromatic nitrogens is 3. The molecule has 178 valence electrons. The van der Waals surface area contributed by atoms with Crippen LogP contribution in [0.4, 0.5) is 0 Å². The summed E-state index contributed by atoms with van der Waals surface area (Å²) in [6, 6.07) is 11.6. The number of phenols is 1. The molecule has 0 unspecified atom stereocenters. The van der Waals surface area contributed by atoms with Crippen LogP contribution in [0.3, 0.4) is 0 Å². The van der Waals surface area contributed by atoms with Crippen LogP contribution >= 0.6 is 23.2 Å². The molecule has 0 radical (unpaired) electrons. The van der Waals surface area contributed by atoms with E-state index < -0.39 is 11.8 Å². The van der Waals surface area contributed by atoms with Crippen LogP contribution < -0.4 is 5.32 Å². The molecule has 0 bridgehead atoms. The number of aromatic hydroxyl groups is 1. The molecular formula is C26H16Cl2N4O4. The number of amides is 2. The average molecular weight is 519 g/mol. The molecular weight excluding hydrogens is 503 g/mol. The summed E-state index contributed by atoms with van der Waals surface area (Å²) in [5, 5.41) is 14.4. The van der Waals surface area contributed by atoms with Gasteiger partial charge in [0.05, 0.1) is 16.6 Å². The number of fused-ring (bicyclic) bond motifs is 5. The van der Waals surface area contributed by atoms with Gasteiger partial charge >= 0.3 is 0 Å². The van der Waals surface area contributed by atoms with E-state index in [1.807, 2.05) is 4.57 Å². The largest absolute Gasteiger partial charge is 0.508 e. The number of hydrogen-bond donors (Lipinski definition) is 2. The van der Waals surface area contributed by atoms with Crippen LogP contribution in [0.5, 0.6) is 5.75 Å². The van der Waals surface area contributed by atoms with Crippen molar-refractivity contribution < 1.29 is 19.5 Å². The Morgan fingerprint density at radius 1 is 0.972 bits per heavy atom. The Labute approximate surface area is 213 Å². The summed E-state index contributed by atoms with van der Waals surface area (Å²) in [5.41, 5.74) is 2.48. The summed E-state index contributed by atoms with van der Waals surface area (Å²) in [6.45, 7) is 0.270. The maximum atomic E-state index is 13.1. The predicted octanol–water partition coefficient (Wildman–Crippen LogP) is 5.28. The predicted molar refractivity (Wildman–Crippen MR) is 136 cm³/mol. The summed E-state index contributed by atoms with van der Waals surface area (Å²) in [4.78, 5) is 42.7. The van der Waals surface area contributed by atoms with Gasteiger partial charge in [-0.1, -0.05) is 29.3 Å². The molecule has 3 heterocycles. The molecule has 36 heavy (non-hydrogen) atoms. The van der Waals surface area contributed by atoms with E-state index in [0.29, 0.717) is 43.0 Å². The van der Waals surface area contributed by atoms with Crippen molar-refractivity contribution in [3.63, 3.8) is 0 Å². The van der Waals surface area contributed by atoms with Crippen molar-refractivity contribution in [1.82, 2.24) is 19.4 Å². The molecule has 0 aliphatic carbocycles. The summed E-state index contributed by atoms with van der Waals surface area (Å²) in [5.74, 6) is -1.27. The Morgan fingerprint density at radius 2 is 1.72 bits per heavy atom. The standard InChI is InChI=1S/C26H16Cl2N4O4/c27-16-2-1-3-17(28)21(16)15-11-19-22(24-23(15)25(35)30-26(24)36)14-10-13(33)4-5-18(14)32(19)8-6-20(34)31-9-7-29-12-31/h1-5,7,9-12,33H,6,8H2,(H,30,35,36). The van der Waals surface area contributed by atoms with Gasteiger partial charge in [0.1, 0.15) is 12.1 Å². The Hall–Kier alpha value is -4.14. The molecule has 0 spiro atoms. The van der Waals surface area contributed by atoms with E-state index in [1.54, 1.807) is 42.6 Å². The Balaban J connectivity index is 1.67.